The average Bonchev–Trinajstić information content (AvgIpc) is 2.77. The predicted octanol–water partition coefficient (Wildman–Crippen LogP) is 1.73. The van der Waals surface area contributed by atoms with Crippen molar-refractivity contribution in [3.8, 4) is 0 Å². The highest BCUT2D eigenvalue weighted by molar-refractivity contribution is 4.84. The molecule has 2 fully saturated rings. The standard InChI is InChI=1S/C14H28N2O/c1-3-12-4-6-15-14(8-12)10-16-7-5-13(9-16)11-17-2/h12-15H,3-11H2,1-2H3. The van der Waals surface area contributed by atoms with E-state index in [1.165, 1.54) is 51.9 Å². The van der Waals surface area contributed by atoms with E-state index in [-0.39, 0.29) is 0 Å². The summed E-state index contributed by atoms with van der Waals surface area (Å²) >= 11 is 0. The fourth-order valence-electron chi connectivity index (χ4n) is 3.37. The molecule has 0 saturated carbocycles. The van der Waals surface area contributed by atoms with Gasteiger partial charge in [-0.15, -0.1) is 0 Å². The van der Waals surface area contributed by atoms with E-state index in [1.54, 1.807) is 0 Å². The van der Waals surface area contributed by atoms with E-state index >= 15 is 0 Å². The van der Waals surface area contributed by atoms with Crippen LogP contribution >= 0.6 is 0 Å². The van der Waals surface area contributed by atoms with Gasteiger partial charge >= 0.3 is 0 Å². The van der Waals surface area contributed by atoms with Crippen LogP contribution < -0.4 is 5.32 Å². The zero-order valence-corrected chi connectivity index (χ0v) is 11.5. The van der Waals surface area contributed by atoms with Crippen molar-refractivity contribution in [3.05, 3.63) is 0 Å². The third kappa shape index (κ3) is 3.94. The van der Waals surface area contributed by atoms with Gasteiger partial charge in [-0.3, -0.25) is 0 Å². The van der Waals surface area contributed by atoms with E-state index in [0.29, 0.717) is 0 Å². The highest BCUT2D eigenvalue weighted by Gasteiger charge is 2.27. The first-order valence-electron chi connectivity index (χ1n) is 7.26. The molecule has 3 atom stereocenters. The molecule has 0 aromatic heterocycles. The number of hydrogen-bond acceptors (Lipinski definition) is 3. The van der Waals surface area contributed by atoms with Crippen molar-refractivity contribution in [3.63, 3.8) is 0 Å². The van der Waals surface area contributed by atoms with Crippen LogP contribution in [0.2, 0.25) is 0 Å². The molecule has 100 valence electrons. The van der Waals surface area contributed by atoms with Crippen LogP contribution in [0, 0.1) is 11.8 Å². The largest absolute Gasteiger partial charge is 0.384 e. The second-order valence-electron chi connectivity index (χ2n) is 5.82. The van der Waals surface area contributed by atoms with Crippen LogP contribution in [0.15, 0.2) is 0 Å². The topological polar surface area (TPSA) is 24.5 Å². The van der Waals surface area contributed by atoms with Gasteiger partial charge in [-0.2, -0.15) is 0 Å². The van der Waals surface area contributed by atoms with Gasteiger partial charge in [0.25, 0.3) is 0 Å². The van der Waals surface area contributed by atoms with Gasteiger partial charge in [0.15, 0.2) is 0 Å². The van der Waals surface area contributed by atoms with Crippen molar-refractivity contribution in [2.75, 3.05) is 39.9 Å². The van der Waals surface area contributed by atoms with Gasteiger partial charge in [-0.25, -0.2) is 0 Å². The lowest BCUT2D eigenvalue weighted by Crippen LogP contribution is -2.45. The van der Waals surface area contributed by atoms with Crippen molar-refractivity contribution < 1.29 is 4.74 Å². The van der Waals surface area contributed by atoms with E-state index in [0.717, 1.165) is 24.5 Å². The van der Waals surface area contributed by atoms with Crippen molar-refractivity contribution in [2.24, 2.45) is 11.8 Å². The maximum atomic E-state index is 5.26. The van der Waals surface area contributed by atoms with Crippen LogP contribution in [0.3, 0.4) is 0 Å². The van der Waals surface area contributed by atoms with Crippen molar-refractivity contribution in [1.82, 2.24) is 10.2 Å². The normalized spacial score (nSPS) is 35.3. The Kier molecular flexibility index (Phi) is 5.26. The molecule has 0 aromatic carbocycles. The lowest BCUT2D eigenvalue weighted by molar-refractivity contribution is 0.149. The summed E-state index contributed by atoms with van der Waals surface area (Å²) in [5, 5.41) is 3.68. The fraction of sp³-hybridized carbons (Fsp3) is 1.00. The summed E-state index contributed by atoms with van der Waals surface area (Å²) < 4.78 is 5.26. The van der Waals surface area contributed by atoms with Crippen LogP contribution in [0.5, 0.6) is 0 Å². The minimum Gasteiger partial charge on any atom is -0.384 e. The number of nitrogens with zero attached hydrogens (tertiary/aromatic N) is 1. The van der Waals surface area contributed by atoms with E-state index in [1.807, 2.05) is 7.11 Å². The van der Waals surface area contributed by atoms with Crippen LogP contribution in [0.25, 0.3) is 0 Å². The third-order valence-corrected chi connectivity index (χ3v) is 4.43. The smallest absolute Gasteiger partial charge is 0.0503 e. The summed E-state index contributed by atoms with van der Waals surface area (Å²) in [4.78, 5) is 2.62. The molecular formula is C14H28N2O. The lowest BCUT2D eigenvalue weighted by atomic mass is 9.90. The molecule has 3 heteroatoms. The Balaban J connectivity index is 1.70. The number of methoxy groups -OCH3 is 1. The quantitative estimate of drug-likeness (QED) is 0.792. The van der Waals surface area contributed by atoms with Crippen LogP contribution in [0.1, 0.15) is 32.6 Å². The Labute approximate surface area is 106 Å². The maximum Gasteiger partial charge on any atom is 0.0503 e. The molecule has 17 heavy (non-hydrogen) atoms. The molecule has 2 saturated heterocycles. The second-order valence-corrected chi connectivity index (χ2v) is 5.82. The van der Waals surface area contributed by atoms with E-state index in [9.17, 15) is 0 Å². The number of nitrogens with one attached hydrogen (secondary N) is 1. The average molecular weight is 240 g/mol. The summed E-state index contributed by atoms with van der Waals surface area (Å²) in [6.45, 7) is 8.24. The Bertz CT molecular complexity index is 222. The molecule has 3 nitrogen and oxygen atoms in total. The van der Waals surface area contributed by atoms with Gasteiger partial charge in [0.2, 0.25) is 0 Å². The molecule has 0 bridgehead atoms. The summed E-state index contributed by atoms with van der Waals surface area (Å²) in [6.07, 6.45) is 5.42. The number of piperidine rings is 1. The fourth-order valence-corrected chi connectivity index (χ4v) is 3.37. The Morgan fingerprint density at radius 1 is 1.29 bits per heavy atom. The Hall–Kier alpha value is -0.120. The lowest BCUT2D eigenvalue weighted by Gasteiger charge is -2.32. The maximum absolute atomic E-state index is 5.26. The number of ether oxygens (including phenoxy) is 1. The third-order valence-electron chi connectivity index (χ3n) is 4.43. The summed E-state index contributed by atoms with van der Waals surface area (Å²) in [5.74, 6) is 1.73. The molecule has 0 amide bonds. The molecule has 2 heterocycles. The summed E-state index contributed by atoms with van der Waals surface area (Å²) in [5.41, 5.74) is 0. The molecule has 0 spiro atoms. The molecule has 0 aromatic rings. The van der Waals surface area contributed by atoms with Crippen molar-refractivity contribution in [2.45, 2.75) is 38.6 Å². The minimum absolute atomic E-state index is 0.731. The zero-order valence-electron chi connectivity index (χ0n) is 11.5. The van der Waals surface area contributed by atoms with Crippen molar-refractivity contribution in [1.29, 1.82) is 0 Å². The predicted molar refractivity (Wildman–Crippen MR) is 71.2 cm³/mol. The monoisotopic (exact) mass is 240 g/mol. The highest BCUT2D eigenvalue weighted by atomic mass is 16.5. The first kappa shape index (κ1) is 13.3. The van der Waals surface area contributed by atoms with E-state index in [4.69, 9.17) is 4.74 Å². The molecule has 0 aliphatic carbocycles. The zero-order chi connectivity index (χ0) is 12.1. The Morgan fingerprint density at radius 3 is 2.94 bits per heavy atom. The Morgan fingerprint density at radius 2 is 2.18 bits per heavy atom. The number of likely N-dealkylation sites (tertiary alicyclic amines) is 1. The van der Waals surface area contributed by atoms with Gasteiger partial charge in [0.05, 0.1) is 6.61 Å². The van der Waals surface area contributed by atoms with Crippen LogP contribution in [-0.2, 0) is 4.74 Å². The molecule has 1 N–H and O–H groups in total. The summed E-state index contributed by atoms with van der Waals surface area (Å²) in [7, 11) is 1.82. The number of hydrogen-bond donors (Lipinski definition) is 1. The highest BCUT2D eigenvalue weighted by Crippen LogP contribution is 2.22. The van der Waals surface area contributed by atoms with Crippen LogP contribution in [0.4, 0.5) is 0 Å². The van der Waals surface area contributed by atoms with E-state index < -0.39 is 0 Å². The van der Waals surface area contributed by atoms with Crippen molar-refractivity contribution >= 4 is 0 Å². The van der Waals surface area contributed by atoms with Gasteiger partial charge in [-0.05, 0) is 44.2 Å². The van der Waals surface area contributed by atoms with Gasteiger partial charge in [0.1, 0.15) is 0 Å². The minimum atomic E-state index is 0.731. The first-order chi connectivity index (χ1) is 8.31. The SMILES string of the molecule is CCC1CCNC(CN2CCC(COC)C2)C1. The van der Waals surface area contributed by atoms with E-state index in [2.05, 4.69) is 17.1 Å². The first-order valence-corrected chi connectivity index (χ1v) is 7.26. The number of rotatable bonds is 5. The van der Waals surface area contributed by atoms with Gasteiger partial charge < -0.3 is 15.0 Å². The molecule has 2 aliphatic heterocycles. The second kappa shape index (κ2) is 6.72. The molecule has 2 aliphatic rings. The van der Waals surface area contributed by atoms with Crippen LogP contribution in [-0.4, -0.2) is 50.8 Å². The molecule has 2 rings (SSSR count). The molecule has 0 radical (unpaired) electrons. The molecular weight excluding hydrogens is 212 g/mol. The molecule has 3 unspecified atom stereocenters. The summed E-state index contributed by atoms with van der Waals surface area (Å²) in [6, 6.07) is 0.731. The van der Waals surface area contributed by atoms with Gasteiger partial charge in [0, 0.05) is 26.2 Å². The van der Waals surface area contributed by atoms with Gasteiger partial charge in [-0.1, -0.05) is 13.3 Å².